The van der Waals surface area contributed by atoms with E-state index in [1.807, 2.05) is 20.8 Å². The van der Waals surface area contributed by atoms with Gasteiger partial charge in [-0.15, -0.1) is 0 Å². The SMILES string of the molecule is Cc1occc1C(=O)N[C@@H]1CCC[C@H]1CNC(=O)OC(C)(C)C. The second-order valence-corrected chi connectivity index (χ2v) is 7.04. The predicted octanol–water partition coefficient (Wildman–Crippen LogP) is 3.01. The Morgan fingerprint density at radius 1 is 1.35 bits per heavy atom. The van der Waals surface area contributed by atoms with Crippen molar-refractivity contribution in [2.24, 2.45) is 5.92 Å². The van der Waals surface area contributed by atoms with Gasteiger partial charge in [0.2, 0.25) is 0 Å². The third kappa shape index (κ3) is 5.01. The zero-order valence-electron chi connectivity index (χ0n) is 14.3. The number of amides is 2. The predicted molar refractivity (Wildman–Crippen MR) is 86.3 cm³/mol. The lowest BCUT2D eigenvalue weighted by atomic mass is 10.0. The first-order chi connectivity index (χ1) is 10.8. The normalized spacial score (nSPS) is 21.0. The molecule has 0 aromatic carbocycles. The van der Waals surface area contributed by atoms with E-state index in [1.165, 1.54) is 6.26 Å². The maximum atomic E-state index is 12.3. The van der Waals surface area contributed by atoms with Crippen molar-refractivity contribution in [2.75, 3.05) is 6.54 Å². The zero-order valence-corrected chi connectivity index (χ0v) is 14.3. The third-order valence-corrected chi connectivity index (χ3v) is 3.99. The van der Waals surface area contributed by atoms with Crippen molar-refractivity contribution < 1.29 is 18.7 Å². The van der Waals surface area contributed by atoms with Crippen LogP contribution in [-0.4, -0.2) is 30.2 Å². The third-order valence-electron chi connectivity index (χ3n) is 3.99. The second-order valence-electron chi connectivity index (χ2n) is 7.04. The van der Waals surface area contributed by atoms with E-state index in [1.54, 1.807) is 13.0 Å². The largest absolute Gasteiger partial charge is 0.469 e. The quantitative estimate of drug-likeness (QED) is 0.893. The highest BCUT2D eigenvalue weighted by molar-refractivity contribution is 5.95. The fraction of sp³-hybridized carbons (Fsp3) is 0.647. The summed E-state index contributed by atoms with van der Waals surface area (Å²) in [6, 6.07) is 1.74. The summed E-state index contributed by atoms with van der Waals surface area (Å²) in [5.74, 6) is 0.716. The average Bonchev–Trinajstić information content (AvgIpc) is 3.03. The van der Waals surface area contributed by atoms with Gasteiger partial charge in [0.1, 0.15) is 11.4 Å². The van der Waals surface area contributed by atoms with Crippen LogP contribution in [0, 0.1) is 12.8 Å². The summed E-state index contributed by atoms with van der Waals surface area (Å²) in [5.41, 5.74) is 0.0578. The molecule has 23 heavy (non-hydrogen) atoms. The maximum absolute atomic E-state index is 12.3. The van der Waals surface area contributed by atoms with Crippen LogP contribution in [-0.2, 0) is 4.74 Å². The van der Waals surface area contributed by atoms with Crippen molar-refractivity contribution in [2.45, 2.75) is 58.6 Å². The van der Waals surface area contributed by atoms with E-state index in [2.05, 4.69) is 10.6 Å². The van der Waals surface area contributed by atoms with Crippen LogP contribution in [0.25, 0.3) is 0 Å². The van der Waals surface area contributed by atoms with Crippen LogP contribution in [0.1, 0.15) is 56.2 Å². The number of hydrogen-bond acceptors (Lipinski definition) is 4. The van der Waals surface area contributed by atoms with Crippen molar-refractivity contribution >= 4 is 12.0 Å². The number of ether oxygens (including phenoxy) is 1. The van der Waals surface area contributed by atoms with Gasteiger partial charge in [0.25, 0.3) is 5.91 Å². The van der Waals surface area contributed by atoms with Gasteiger partial charge in [-0.1, -0.05) is 6.42 Å². The van der Waals surface area contributed by atoms with Gasteiger partial charge < -0.3 is 19.8 Å². The molecule has 2 amide bonds. The Kier molecular flexibility index (Phi) is 5.34. The van der Waals surface area contributed by atoms with Crippen LogP contribution in [0.15, 0.2) is 16.7 Å². The lowest BCUT2D eigenvalue weighted by Crippen LogP contribution is -2.43. The number of hydrogen-bond donors (Lipinski definition) is 2. The molecule has 0 bridgehead atoms. The maximum Gasteiger partial charge on any atom is 0.407 e. The standard InChI is InChI=1S/C17H26N2O4/c1-11-13(8-9-22-11)15(20)19-14-7-5-6-12(14)10-18-16(21)23-17(2,3)4/h8-9,12,14H,5-7,10H2,1-4H3,(H,18,21)(H,19,20)/t12-,14+/m0/s1. The smallest absolute Gasteiger partial charge is 0.407 e. The van der Waals surface area contributed by atoms with E-state index in [0.29, 0.717) is 17.9 Å². The second kappa shape index (κ2) is 7.06. The van der Waals surface area contributed by atoms with Gasteiger partial charge in [0.15, 0.2) is 0 Å². The zero-order chi connectivity index (χ0) is 17.0. The van der Waals surface area contributed by atoms with Gasteiger partial charge in [-0.25, -0.2) is 4.79 Å². The Balaban J connectivity index is 1.84. The van der Waals surface area contributed by atoms with Gasteiger partial charge in [0.05, 0.1) is 11.8 Å². The average molecular weight is 322 g/mol. The van der Waals surface area contributed by atoms with E-state index < -0.39 is 11.7 Å². The molecule has 0 saturated heterocycles. The molecule has 1 fully saturated rings. The van der Waals surface area contributed by atoms with Gasteiger partial charge in [-0.05, 0) is 52.5 Å². The Morgan fingerprint density at radius 3 is 2.70 bits per heavy atom. The van der Waals surface area contributed by atoms with E-state index in [0.717, 1.165) is 19.3 Å². The van der Waals surface area contributed by atoms with Gasteiger partial charge in [-0.2, -0.15) is 0 Å². The molecule has 6 heteroatoms. The lowest BCUT2D eigenvalue weighted by molar-refractivity contribution is 0.0517. The van der Waals surface area contributed by atoms with Crippen LogP contribution >= 0.6 is 0 Å². The summed E-state index contributed by atoms with van der Waals surface area (Å²) in [6.45, 7) is 7.77. The minimum absolute atomic E-state index is 0.0618. The summed E-state index contributed by atoms with van der Waals surface area (Å²) < 4.78 is 10.4. The van der Waals surface area contributed by atoms with Crippen LogP contribution in [0.2, 0.25) is 0 Å². The first kappa shape index (κ1) is 17.4. The van der Waals surface area contributed by atoms with E-state index in [4.69, 9.17) is 9.15 Å². The molecule has 1 heterocycles. The van der Waals surface area contributed by atoms with Gasteiger partial charge in [0, 0.05) is 12.6 Å². The molecule has 0 spiro atoms. The molecule has 1 saturated carbocycles. The molecule has 1 aromatic rings. The molecular formula is C17H26N2O4. The van der Waals surface area contributed by atoms with Crippen LogP contribution < -0.4 is 10.6 Å². The fourth-order valence-corrected chi connectivity index (χ4v) is 2.87. The number of carbonyl (C=O) groups excluding carboxylic acids is 2. The Morgan fingerprint density at radius 2 is 2.09 bits per heavy atom. The molecule has 2 atom stereocenters. The van der Waals surface area contributed by atoms with Crippen molar-refractivity contribution in [3.63, 3.8) is 0 Å². The first-order valence-electron chi connectivity index (χ1n) is 8.08. The molecule has 128 valence electrons. The van der Waals surface area contributed by atoms with Gasteiger partial charge >= 0.3 is 6.09 Å². The minimum Gasteiger partial charge on any atom is -0.469 e. The van der Waals surface area contributed by atoms with E-state index >= 15 is 0 Å². The molecule has 6 nitrogen and oxygen atoms in total. The minimum atomic E-state index is -0.508. The Bertz CT molecular complexity index is 559. The van der Waals surface area contributed by atoms with Crippen molar-refractivity contribution in [1.82, 2.24) is 10.6 Å². The summed E-state index contributed by atoms with van der Waals surface area (Å²) in [5, 5.41) is 5.85. The number of carbonyl (C=O) groups is 2. The van der Waals surface area contributed by atoms with Crippen LogP contribution in [0.5, 0.6) is 0 Å². The highest BCUT2D eigenvalue weighted by Gasteiger charge is 2.30. The molecule has 1 aliphatic carbocycles. The first-order valence-corrected chi connectivity index (χ1v) is 8.08. The molecule has 1 aromatic heterocycles. The topological polar surface area (TPSA) is 80.6 Å². The lowest BCUT2D eigenvalue weighted by Gasteiger charge is -2.23. The molecular weight excluding hydrogens is 296 g/mol. The molecule has 0 unspecified atom stereocenters. The number of furan rings is 1. The highest BCUT2D eigenvalue weighted by Crippen LogP contribution is 2.26. The summed E-state index contributed by atoms with van der Waals surface area (Å²) in [4.78, 5) is 24.0. The van der Waals surface area contributed by atoms with Crippen molar-refractivity contribution in [3.8, 4) is 0 Å². The molecule has 0 aliphatic heterocycles. The summed E-state index contributed by atoms with van der Waals surface area (Å²) in [7, 11) is 0. The highest BCUT2D eigenvalue weighted by atomic mass is 16.6. The summed E-state index contributed by atoms with van der Waals surface area (Å²) >= 11 is 0. The molecule has 2 N–H and O–H groups in total. The van der Waals surface area contributed by atoms with E-state index in [9.17, 15) is 9.59 Å². The number of nitrogens with one attached hydrogen (secondary N) is 2. The van der Waals surface area contributed by atoms with Gasteiger partial charge in [-0.3, -0.25) is 4.79 Å². The molecule has 0 radical (unpaired) electrons. The fourth-order valence-electron chi connectivity index (χ4n) is 2.87. The number of alkyl carbamates (subject to hydrolysis) is 1. The Hall–Kier alpha value is -1.98. The molecule has 1 aliphatic rings. The Labute approximate surface area is 137 Å². The van der Waals surface area contributed by atoms with Crippen molar-refractivity contribution in [3.05, 3.63) is 23.7 Å². The van der Waals surface area contributed by atoms with Crippen LogP contribution in [0.4, 0.5) is 4.79 Å². The monoisotopic (exact) mass is 322 g/mol. The molecule has 2 rings (SSSR count). The van der Waals surface area contributed by atoms with Crippen molar-refractivity contribution in [1.29, 1.82) is 0 Å². The number of aryl methyl sites for hydroxylation is 1. The number of rotatable bonds is 4. The van der Waals surface area contributed by atoms with Crippen LogP contribution in [0.3, 0.4) is 0 Å². The van der Waals surface area contributed by atoms with E-state index in [-0.39, 0.29) is 17.9 Å². The summed E-state index contributed by atoms with van der Waals surface area (Å²) in [6.07, 6.45) is 4.03.